The Hall–Kier alpha value is -2.74. The Kier molecular flexibility index (Phi) is 3.34. The van der Waals surface area contributed by atoms with Gasteiger partial charge in [-0.3, -0.25) is 0 Å². The number of fused-ring (bicyclic) bond motifs is 5. The van der Waals surface area contributed by atoms with Gasteiger partial charge in [-0.15, -0.1) is 0 Å². The molecule has 24 heavy (non-hydrogen) atoms. The summed E-state index contributed by atoms with van der Waals surface area (Å²) in [6.07, 6.45) is 0. The predicted molar refractivity (Wildman–Crippen MR) is 108 cm³/mol. The van der Waals surface area contributed by atoms with Crippen molar-refractivity contribution in [2.75, 3.05) is 38.0 Å². The Labute approximate surface area is 142 Å². The Balaban J connectivity index is 2.34. The van der Waals surface area contributed by atoms with Gasteiger partial charge in [-0.1, -0.05) is 48.5 Å². The van der Waals surface area contributed by atoms with Crippen molar-refractivity contribution in [3.05, 3.63) is 60.7 Å². The second-order valence-electron chi connectivity index (χ2n) is 6.77. The van der Waals surface area contributed by atoms with Gasteiger partial charge in [-0.25, -0.2) is 0 Å². The maximum atomic E-state index is 2.24. The summed E-state index contributed by atoms with van der Waals surface area (Å²) in [5, 5.41) is 7.88. The molecule has 0 N–H and O–H groups in total. The molecule has 0 atom stereocenters. The SMILES string of the molecule is CN(C)c1cccc2ccc3ccc4cccc(N(C)C)c4c3c12. The standard InChI is InChI=1S/C22H22N2/c1-23(2)18-9-5-7-15-11-13-17-14-12-16-8-6-10-19(24(3)4)21(16)22(17)20(15)18/h5-14H,1-4H3. The highest BCUT2D eigenvalue weighted by molar-refractivity contribution is 6.26. The largest absolute Gasteiger partial charge is 0.377 e. The first kappa shape index (κ1) is 14.8. The minimum absolute atomic E-state index is 1.26. The van der Waals surface area contributed by atoms with Crippen LogP contribution in [0.3, 0.4) is 0 Å². The highest BCUT2D eigenvalue weighted by atomic mass is 15.1. The van der Waals surface area contributed by atoms with Crippen molar-refractivity contribution < 1.29 is 0 Å². The van der Waals surface area contributed by atoms with Crippen LogP contribution in [0.25, 0.3) is 32.3 Å². The van der Waals surface area contributed by atoms with Gasteiger partial charge >= 0.3 is 0 Å². The maximum Gasteiger partial charge on any atom is 0.0447 e. The van der Waals surface area contributed by atoms with Crippen molar-refractivity contribution in [3.63, 3.8) is 0 Å². The summed E-state index contributed by atoms with van der Waals surface area (Å²) in [6, 6.07) is 22.0. The summed E-state index contributed by atoms with van der Waals surface area (Å²) in [7, 11) is 8.47. The average Bonchev–Trinajstić information content (AvgIpc) is 2.59. The number of benzene rings is 4. The van der Waals surface area contributed by atoms with Gasteiger partial charge in [0.2, 0.25) is 0 Å². The van der Waals surface area contributed by atoms with Crippen molar-refractivity contribution in [2.45, 2.75) is 0 Å². The summed E-state index contributed by atoms with van der Waals surface area (Å²) in [5.41, 5.74) is 2.53. The third-order valence-electron chi connectivity index (χ3n) is 4.79. The van der Waals surface area contributed by atoms with Crippen LogP contribution in [0.5, 0.6) is 0 Å². The summed E-state index contributed by atoms with van der Waals surface area (Å²) in [5.74, 6) is 0. The molecule has 4 aromatic rings. The number of nitrogens with zero attached hydrogens (tertiary/aromatic N) is 2. The molecule has 0 amide bonds. The molecule has 2 nitrogen and oxygen atoms in total. The fourth-order valence-corrected chi connectivity index (χ4v) is 3.68. The highest BCUT2D eigenvalue weighted by Crippen LogP contribution is 2.40. The Morgan fingerprint density at radius 2 is 0.833 bits per heavy atom. The van der Waals surface area contributed by atoms with E-state index < -0.39 is 0 Å². The molecule has 120 valence electrons. The number of hydrogen-bond acceptors (Lipinski definition) is 2. The van der Waals surface area contributed by atoms with Crippen molar-refractivity contribution in [2.24, 2.45) is 0 Å². The van der Waals surface area contributed by atoms with Crippen LogP contribution < -0.4 is 9.80 Å². The maximum absolute atomic E-state index is 2.24. The van der Waals surface area contributed by atoms with Gasteiger partial charge in [0, 0.05) is 55.7 Å². The summed E-state index contributed by atoms with van der Waals surface area (Å²) in [4.78, 5) is 4.41. The second kappa shape index (κ2) is 5.41. The van der Waals surface area contributed by atoms with Gasteiger partial charge in [0.25, 0.3) is 0 Å². The fourth-order valence-electron chi connectivity index (χ4n) is 3.68. The molecule has 0 saturated heterocycles. The summed E-state index contributed by atoms with van der Waals surface area (Å²) >= 11 is 0. The quantitative estimate of drug-likeness (QED) is 0.465. The lowest BCUT2D eigenvalue weighted by atomic mass is 9.94. The van der Waals surface area contributed by atoms with E-state index in [2.05, 4.69) is 98.7 Å². The monoisotopic (exact) mass is 314 g/mol. The third-order valence-corrected chi connectivity index (χ3v) is 4.79. The first-order chi connectivity index (χ1) is 11.6. The zero-order valence-corrected chi connectivity index (χ0v) is 14.7. The lowest BCUT2D eigenvalue weighted by Gasteiger charge is -2.21. The van der Waals surface area contributed by atoms with Crippen LogP contribution in [-0.2, 0) is 0 Å². The van der Waals surface area contributed by atoms with Crippen LogP contribution in [0, 0.1) is 0 Å². The van der Waals surface area contributed by atoms with Crippen molar-refractivity contribution >= 4 is 43.7 Å². The molecule has 0 bridgehead atoms. The summed E-state index contributed by atoms with van der Waals surface area (Å²) < 4.78 is 0. The van der Waals surface area contributed by atoms with Crippen molar-refractivity contribution in [3.8, 4) is 0 Å². The van der Waals surface area contributed by atoms with Gasteiger partial charge in [0.15, 0.2) is 0 Å². The number of anilines is 2. The minimum Gasteiger partial charge on any atom is -0.377 e. The van der Waals surface area contributed by atoms with Crippen LogP contribution in [0.15, 0.2) is 60.7 Å². The van der Waals surface area contributed by atoms with E-state index in [4.69, 9.17) is 0 Å². The van der Waals surface area contributed by atoms with E-state index in [1.165, 1.54) is 43.7 Å². The molecule has 4 rings (SSSR count). The van der Waals surface area contributed by atoms with E-state index in [0.717, 1.165) is 0 Å². The number of rotatable bonds is 2. The van der Waals surface area contributed by atoms with E-state index in [-0.39, 0.29) is 0 Å². The molecule has 0 aliphatic rings. The molecule has 0 aromatic heterocycles. The molecule has 0 fully saturated rings. The molecule has 0 spiro atoms. The molecule has 0 unspecified atom stereocenters. The lowest BCUT2D eigenvalue weighted by Crippen LogP contribution is -2.10. The number of hydrogen-bond donors (Lipinski definition) is 0. The second-order valence-corrected chi connectivity index (χ2v) is 6.77. The Morgan fingerprint density at radius 1 is 0.458 bits per heavy atom. The first-order valence-corrected chi connectivity index (χ1v) is 8.30. The Bertz CT molecular complexity index is 979. The van der Waals surface area contributed by atoms with E-state index in [1.807, 2.05) is 0 Å². The first-order valence-electron chi connectivity index (χ1n) is 8.30. The van der Waals surface area contributed by atoms with E-state index in [1.54, 1.807) is 0 Å². The predicted octanol–water partition coefficient (Wildman–Crippen LogP) is 5.28. The van der Waals surface area contributed by atoms with Crippen LogP contribution in [0.4, 0.5) is 11.4 Å². The average molecular weight is 314 g/mol. The normalized spacial score (nSPS) is 11.3. The molecule has 0 saturated carbocycles. The highest BCUT2D eigenvalue weighted by Gasteiger charge is 2.13. The van der Waals surface area contributed by atoms with E-state index in [0.29, 0.717) is 0 Å². The van der Waals surface area contributed by atoms with Gasteiger partial charge < -0.3 is 9.80 Å². The topological polar surface area (TPSA) is 6.48 Å². The van der Waals surface area contributed by atoms with Crippen LogP contribution in [-0.4, -0.2) is 28.2 Å². The molecule has 0 heterocycles. The smallest absolute Gasteiger partial charge is 0.0447 e. The minimum atomic E-state index is 1.26. The molecular formula is C22H22N2. The zero-order chi connectivity index (χ0) is 16.8. The molecular weight excluding hydrogens is 292 g/mol. The van der Waals surface area contributed by atoms with Gasteiger partial charge in [0.1, 0.15) is 0 Å². The fraction of sp³-hybridized carbons (Fsp3) is 0.182. The van der Waals surface area contributed by atoms with Crippen LogP contribution in [0.2, 0.25) is 0 Å². The lowest BCUT2D eigenvalue weighted by molar-refractivity contribution is 1.14. The molecule has 0 aliphatic carbocycles. The molecule has 0 radical (unpaired) electrons. The van der Waals surface area contributed by atoms with Crippen LogP contribution in [0.1, 0.15) is 0 Å². The summed E-state index contributed by atoms with van der Waals surface area (Å²) in [6.45, 7) is 0. The van der Waals surface area contributed by atoms with Gasteiger partial charge in [0.05, 0.1) is 0 Å². The van der Waals surface area contributed by atoms with Crippen molar-refractivity contribution in [1.29, 1.82) is 0 Å². The van der Waals surface area contributed by atoms with Gasteiger partial charge in [-0.2, -0.15) is 0 Å². The zero-order valence-electron chi connectivity index (χ0n) is 14.7. The van der Waals surface area contributed by atoms with E-state index in [9.17, 15) is 0 Å². The van der Waals surface area contributed by atoms with Crippen LogP contribution >= 0.6 is 0 Å². The Morgan fingerprint density at radius 3 is 1.21 bits per heavy atom. The molecule has 4 aromatic carbocycles. The third kappa shape index (κ3) is 2.10. The van der Waals surface area contributed by atoms with Crippen molar-refractivity contribution in [1.82, 2.24) is 0 Å². The molecule has 0 aliphatic heterocycles. The van der Waals surface area contributed by atoms with Gasteiger partial charge in [-0.05, 0) is 28.3 Å². The molecule has 2 heteroatoms. The van der Waals surface area contributed by atoms with E-state index >= 15 is 0 Å².